The van der Waals surface area contributed by atoms with Crippen molar-refractivity contribution in [2.75, 3.05) is 19.6 Å². The van der Waals surface area contributed by atoms with E-state index in [1.807, 2.05) is 0 Å². The molecule has 0 atom stereocenters. The number of hydrogen-bond donors (Lipinski definition) is 1. The van der Waals surface area contributed by atoms with Crippen LogP contribution in [0.2, 0.25) is 0 Å². The van der Waals surface area contributed by atoms with Crippen LogP contribution in [0.3, 0.4) is 0 Å². The minimum atomic E-state index is 0.427. The average Bonchev–Trinajstić information content (AvgIpc) is 2.25. The molecule has 2 N–H and O–H groups in total. The average molecular weight is 239 g/mol. The molecule has 1 aliphatic rings. The molecule has 0 unspecified atom stereocenters. The maximum Gasteiger partial charge on any atom is 0.191 e. The minimum absolute atomic E-state index is 0.427. The molecular weight excluding hydrogens is 210 g/mol. The summed E-state index contributed by atoms with van der Waals surface area (Å²) in [6, 6.07) is 0. The first-order chi connectivity index (χ1) is 7.80. The molecule has 1 saturated heterocycles. The summed E-state index contributed by atoms with van der Waals surface area (Å²) >= 11 is 0. The van der Waals surface area contributed by atoms with Gasteiger partial charge in [-0.05, 0) is 30.1 Å². The third-order valence-corrected chi connectivity index (χ3v) is 3.66. The van der Waals surface area contributed by atoms with Crippen LogP contribution < -0.4 is 5.73 Å². The van der Waals surface area contributed by atoms with Crippen molar-refractivity contribution < 1.29 is 0 Å². The minimum Gasteiger partial charge on any atom is -0.370 e. The molecule has 3 nitrogen and oxygen atoms in total. The predicted molar refractivity (Wildman–Crippen MR) is 75.1 cm³/mol. The van der Waals surface area contributed by atoms with Crippen LogP contribution >= 0.6 is 0 Å². The van der Waals surface area contributed by atoms with Crippen molar-refractivity contribution in [1.82, 2.24) is 4.90 Å². The highest BCUT2D eigenvalue weighted by Crippen LogP contribution is 2.34. The Labute approximate surface area is 106 Å². The number of likely N-dealkylation sites (tertiary alicyclic amines) is 1. The zero-order chi connectivity index (χ0) is 13.1. The van der Waals surface area contributed by atoms with Gasteiger partial charge in [0.25, 0.3) is 0 Å². The van der Waals surface area contributed by atoms with E-state index in [0.717, 1.165) is 31.5 Å². The summed E-state index contributed by atoms with van der Waals surface area (Å²) in [5.74, 6) is 2.14. The summed E-state index contributed by atoms with van der Waals surface area (Å²) in [7, 11) is 0. The summed E-state index contributed by atoms with van der Waals surface area (Å²) in [5.41, 5.74) is 6.45. The van der Waals surface area contributed by atoms with Crippen LogP contribution in [0.15, 0.2) is 4.99 Å². The number of guanidine groups is 1. The van der Waals surface area contributed by atoms with Gasteiger partial charge in [-0.25, -0.2) is 0 Å². The first-order valence-electron chi connectivity index (χ1n) is 6.85. The fraction of sp³-hybridized carbons (Fsp3) is 0.929. The van der Waals surface area contributed by atoms with E-state index >= 15 is 0 Å². The van der Waals surface area contributed by atoms with Crippen molar-refractivity contribution in [2.24, 2.45) is 28.0 Å². The van der Waals surface area contributed by atoms with E-state index in [4.69, 9.17) is 5.73 Å². The van der Waals surface area contributed by atoms with Crippen LogP contribution in [-0.4, -0.2) is 30.5 Å². The van der Waals surface area contributed by atoms with Gasteiger partial charge in [0.2, 0.25) is 0 Å². The van der Waals surface area contributed by atoms with Crippen molar-refractivity contribution >= 4 is 5.96 Å². The molecule has 100 valence electrons. The summed E-state index contributed by atoms with van der Waals surface area (Å²) in [6.07, 6.45) is 2.47. The molecule has 17 heavy (non-hydrogen) atoms. The van der Waals surface area contributed by atoms with E-state index < -0.39 is 0 Å². The molecular formula is C14H29N3. The van der Waals surface area contributed by atoms with E-state index in [1.54, 1.807) is 0 Å². The van der Waals surface area contributed by atoms with Crippen LogP contribution in [0.25, 0.3) is 0 Å². The molecule has 1 heterocycles. The molecule has 1 fully saturated rings. The lowest BCUT2D eigenvalue weighted by Crippen LogP contribution is -2.45. The molecule has 0 aromatic heterocycles. The van der Waals surface area contributed by atoms with Crippen LogP contribution in [0.1, 0.15) is 47.5 Å². The molecule has 0 aromatic rings. The second-order valence-electron chi connectivity index (χ2n) is 6.72. The molecule has 0 amide bonds. The van der Waals surface area contributed by atoms with Crippen LogP contribution in [0, 0.1) is 17.3 Å². The molecule has 1 aliphatic heterocycles. The Kier molecular flexibility index (Phi) is 4.84. The summed E-state index contributed by atoms with van der Waals surface area (Å²) in [6.45, 7) is 14.3. The molecule has 3 heteroatoms. The number of rotatable bonds is 2. The highest BCUT2D eigenvalue weighted by Gasteiger charge is 2.29. The van der Waals surface area contributed by atoms with E-state index in [2.05, 4.69) is 44.5 Å². The van der Waals surface area contributed by atoms with Crippen molar-refractivity contribution in [1.29, 1.82) is 0 Å². The zero-order valence-electron chi connectivity index (χ0n) is 12.2. The standard InChI is InChI=1S/C14H29N3/c1-11(2)10-16-13(15)17-8-6-12(7-9-17)14(3,4)5/h11-12H,6-10H2,1-5H3,(H2,15,16). The zero-order valence-corrected chi connectivity index (χ0v) is 12.2. The fourth-order valence-corrected chi connectivity index (χ4v) is 2.35. The fourth-order valence-electron chi connectivity index (χ4n) is 2.35. The van der Waals surface area contributed by atoms with Crippen LogP contribution in [0.4, 0.5) is 0 Å². The number of aliphatic imine (C=N–C) groups is 1. The third-order valence-electron chi connectivity index (χ3n) is 3.66. The quantitative estimate of drug-likeness (QED) is 0.594. The highest BCUT2D eigenvalue weighted by molar-refractivity contribution is 5.78. The van der Waals surface area contributed by atoms with E-state index in [-0.39, 0.29) is 0 Å². The van der Waals surface area contributed by atoms with Gasteiger partial charge >= 0.3 is 0 Å². The van der Waals surface area contributed by atoms with Crippen LogP contribution in [0.5, 0.6) is 0 Å². The highest BCUT2D eigenvalue weighted by atomic mass is 15.3. The molecule has 0 saturated carbocycles. The lowest BCUT2D eigenvalue weighted by Gasteiger charge is -2.39. The Morgan fingerprint density at radius 2 is 1.82 bits per heavy atom. The number of nitrogens with zero attached hydrogens (tertiary/aromatic N) is 2. The Morgan fingerprint density at radius 1 is 1.29 bits per heavy atom. The second kappa shape index (κ2) is 5.74. The number of nitrogens with two attached hydrogens (primary N) is 1. The van der Waals surface area contributed by atoms with Gasteiger partial charge in [0.1, 0.15) is 0 Å². The van der Waals surface area contributed by atoms with E-state index in [9.17, 15) is 0 Å². The SMILES string of the molecule is CC(C)CN=C(N)N1CCC(C(C)(C)C)CC1. The van der Waals surface area contributed by atoms with E-state index in [0.29, 0.717) is 11.3 Å². The smallest absolute Gasteiger partial charge is 0.191 e. The maximum atomic E-state index is 6.03. The molecule has 0 spiro atoms. The third kappa shape index (κ3) is 4.57. The lowest BCUT2D eigenvalue weighted by molar-refractivity contribution is 0.148. The second-order valence-corrected chi connectivity index (χ2v) is 6.72. The van der Waals surface area contributed by atoms with Crippen LogP contribution in [-0.2, 0) is 0 Å². The predicted octanol–water partition coefficient (Wildman–Crippen LogP) is 2.72. The lowest BCUT2D eigenvalue weighted by atomic mass is 9.75. The monoisotopic (exact) mass is 239 g/mol. The maximum absolute atomic E-state index is 6.03. The summed E-state index contributed by atoms with van der Waals surface area (Å²) in [5, 5.41) is 0. The van der Waals surface area contributed by atoms with Gasteiger partial charge < -0.3 is 10.6 Å². The Hall–Kier alpha value is -0.730. The normalized spacial score (nSPS) is 20.1. The summed E-state index contributed by atoms with van der Waals surface area (Å²) in [4.78, 5) is 6.70. The molecule has 0 bridgehead atoms. The Morgan fingerprint density at radius 3 is 2.24 bits per heavy atom. The first-order valence-corrected chi connectivity index (χ1v) is 6.85. The Balaban J connectivity index is 2.44. The molecule has 1 rings (SSSR count). The number of piperidine rings is 1. The first kappa shape index (κ1) is 14.3. The van der Waals surface area contributed by atoms with Gasteiger partial charge in [-0.15, -0.1) is 0 Å². The molecule has 0 aromatic carbocycles. The molecule has 0 aliphatic carbocycles. The number of hydrogen-bond acceptors (Lipinski definition) is 1. The van der Waals surface area contributed by atoms with Crippen molar-refractivity contribution in [2.45, 2.75) is 47.5 Å². The van der Waals surface area contributed by atoms with Gasteiger partial charge in [-0.2, -0.15) is 0 Å². The summed E-state index contributed by atoms with van der Waals surface area (Å²) < 4.78 is 0. The largest absolute Gasteiger partial charge is 0.370 e. The Bertz CT molecular complexity index is 255. The van der Waals surface area contributed by atoms with Gasteiger partial charge in [0, 0.05) is 19.6 Å². The molecule has 0 radical (unpaired) electrons. The topological polar surface area (TPSA) is 41.6 Å². The van der Waals surface area contributed by atoms with Gasteiger partial charge in [-0.1, -0.05) is 34.6 Å². The van der Waals surface area contributed by atoms with E-state index in [1.165, 1.54) is 12.8 Å². The van der Waals surface area contributed by atoms with Gasteiger partial charge in [0.05, 0.1) is 0 Å². The van der Waals surface area contributed by atoms with Crippen molar-refractivity contribution in [3.63, 3.8) is 0 Å². The van der Waals surface area contributed by atoms with Gasteiger partial charge in [-0.3, -0.25) is 4.99 Å². The van der Waals surface area contributed by atoms with Crippen molar-refractivity contribution in [3.8, 4) is 0 Å². The van der Waals surface area contributed by atoms with Gasteiger partial charge in [0.15, 0.2) is 5.96 Å². The van der Waals surface area contributed by atoms with Crippen molar-refractivity contribution in [3.05, 3.63) is 0 Å².